The van der Waals surface area contributed by atoms with Crippen molar-refractivity contribution in [2.75, 3.05) is 0 Å². The maximum absolute atomic E-state index is 6.76. The number of benzene rings is 17. The van der Waals surface area contributed by atoms with Crippen molar-refractivity contribution in [3.05, 3.63) is 449 Å². The Bertz CT molecular complexity index is 9210. The van der Waals surface area contributed by atoms with Crippen LogP contribution in [-0.2, 0) is 0 Å². The van der Waals surface area contributed by atoms with E-state index < -0.39 is 0 Å². The van der Waals surface area contributed by atoms with Gasteiger partial charge >= 0.3 is 0 Å². The third kappa shape index (κ3) is 13.6. The van der Waals surface area contributed by atoms with Crippen LogP contribution in [0.1, 0.15) is 0 Å². The highest BCUT2D eigenvalue weighted by molar-refractivity contribution is 6.28. The number of hydrogen-bond donors (Lipinski definition) is 1. The zero-order valence-corrected chi connectivity index (χ0v) is 72.6. The Hall–Kier alpha value is -18.3. The van der Waals surface area contributed by atoms with E-state index in [2.05, 4.69) is 335 Å². The van der Waals surface area contributed by atoms with Crippen molar-refractivity contribution >= 4 is 137 Å². The third-order valence-corrected chi connectivity index (χ3v) is 26.3. The van der Waals surface area contributed by atoms with E-state index in [4.69, 9.17) is 48.1 Å². The molecule has 0 saturated carbocycles. The summed E-state index contributed by atoms with van der Waals surface area (Å²) in [6, 6.07) is 141. The number of nitrogens with zero attached hydrogens (tertiary/aromatic N) is 10. The van der Waals surface area contributed by atoms with Crippen molar-refractivity contribution in [2.45, 2.75) is 12.1 Å². The number of nitrogens with one attached hydrogen (secondary N) is 1. The van der Waals surface area contributed by atoms with E-state index in [1.54, 1.807) is 0 Å². The van der Waals surface area contributed by atoms with Gasteiger partial charge < -0.3 is 27.7 Å². The van der Waals surface area contributed by atoms with Crippen LogP contribution < -0.4 is 5.32 Å². The Kier molecular flexibility index (Phi) is 18.7. The molecule has 0 saturated heterocycles. The molecule has 2 atom stereocenters. The van der Waals surface area contributed by atoms with Crippen LogP contribution in [0.3, 0.4) is 0 Å². The lowest BCUT2D eigenvalue weighted by Crippen LogP contribution is -2.35. The summed E-state index contributed by atoms with van der Waals surface area (Å²) in [6.45, 7) is 0. The fourth-order valence-corrected chi connectivity index (χ4v) is 19.9. The molecule has 28 rings (SSSR count). The minimum atomic E-state index is 0.0471. The molecule has 2 aliphatic rings. The minimum Gasteiger partial charge on any atom is -0.455 e. The van der Waals surface area contributed by atoms with E-state index in [0.29, 0.717) is 17.5 Å². The second-order valence-corrected chi connectivity index (χ2v) is 34.2. The highest BCUT2D eigenvalue weighted by Crippen LogP contribution is 2.47. The van der Waals surface area contributed by atoms with Crippen molar-refractivity contribution in [3.63, 3.8) is 0 Å². The second kappa shape index (κ2) is 32.4. The molecule has 0 bridgehead atoms. The fraction of sp³-hybridized carbons (Fsp3) is 0.0165. The van der Waals surface area contributed by atoms with Gasteiger partial charge in [0.15, 0.2) is 17.5 Å². The van der Waals surface area contributed by atoms with Gasteiger partial charge in [-0.05, 0) is 143 Å². The molecule has 0 radical (unpaired) electrons. The maximum Gasteiger partial charge on any atom is 0.204 e. The van der Waals surface area contributed by atoms with Crippen LogP contribution in [0.25, 0.3) is 244 Å². The lowest BCUT2D eigenvalue weighted by atomic mass is 10.0. The average Bonchev–Trinajstić information content (AvgIpc) is 1.56. The average molecular weight is 1730 g/mol. The van der Waals surface area contributed by atoms with Gasteiger partial charge in [-0.15, -0.1) is 0 Å². The summed E-state index contributed by atoms with van der Waals surface area (Å²) >= 11 is 0. The van der Waals surface area contributed by atoms with Gasteiger partial charge in [-0.3, -0.25) is 4.57 Å². The molecule has 26 aromatic rings. The topological polar surface area (TPSA) is 156 Å². The largest absolute Gasteiger partial charge is 0.455 e. The highest BCUT2D eigenvalue weighted by atomic mass is 16.3. The summed E-state index contributed by atoms with van der Waals surface area (Å²) in [5, 5.41) is 17.0. The number of allylic oxidation sites excluding steroid dienone is 2. The Morgan fingerprint density at radius 1 is 0.237 bits per heavy atom. The third-order valence-electron chi connectivity index (χ3n) is 26.3. The summed E-state index contributed by atoms with van der Waals surface area (Å²) in [5.41, 5.74) is 29.3. The van der Waals surface area contributed by atoms with Gasteiger partial charge in [-0.1, -0.05) is 315 Å². The zero-order valence-electron chi connectivity index (χ0n) is 72.6. The second-order valence-electron chi connectivity index (χ2n) is 34.2. The van der Waals surface area contributed by atoms with Crippen LogP contribution in [0.15, 0.2) is 468 Å². The van der Waals surface area contributed by atoms with Gasteiger partial charge in [0.25, 0.3) is 0 Å². The Balaban J connectivity index is 0.000000105. The lowest BCUT2D eigenvalue weighted by Gasteiger charge is -2.14. The smallest absolute Gasteiger partial charge is 0.204 e. The monoisotopic (exact) mass is 1730 g/mol. The van der Waals surface area contributed by atoms with Crippen molar-refractivity contribution in [1.82, 2.24) is 48.9 Å². The summed E-state index contributed by atoms with van der Waals surface area (Å²) < 4.78 is 26.7. The molecule has 1 N–H and O–H groups in total. The van der Waals surface area contributed by atoms with E-state index in [-0.39, 0.29) is 12.1 Å². The van der Waals surface area contributed by atoms with Crippen molar-refractivity contribution in [2.24, 2.45) is 4.99 Å². The first kappa shape index (κ1) is 77.8. The molecule has 0 spiro atoms. The quantitative estimate of drug-likeness (QED) is 0.132. The van der Waals surface area contributed by atoms with Crippen LogP contribution in [0, 0.1) is 0 Å². The van der Waals surface area contributed by atoms with Crippen LogP contribution in [0.2, 0.25) is 0 Å². The molecular weight excluding hydrogens is 1660 g/mol. The van der Waals surface area contributed by atoms with Crippen LogP contribution >= 0.6 is 0 Å². The van der Waals surface area contributed by atoms with E-state index in [1.807, 2.05) is 134 Å². The SMILES string of the molecule is C1=CC2N=C(n3c4cc(-c5ncc(-c6ccccc6)cn5)ccc4c4c5oc6cc(-c7ccccc7)ccc6c5ccc43)NC2C=C1.c1ccc(-c2cc(-c3ccccc3)nc(-c3ccc4c5c6oc7ccccc7c6ccc5n(-c5ccccc5)c4c3)n2)cc1.c1ccc(-c2cccc(-n3c4cc(-c5nccc(-c6ccccc6)n5)ccc4c4c5oc6ccccc6c5ccc43)c2)cc1. The van der Waals surface area contributed by atoms with Gasteiger partial charge in [0.1, 0.15) is 33.5 Å². The van der Waals surface area contributed by atoms with Gasteiger partial charge in [-0.2, -0.15) is 0 Å². The van der Waals surface area contributed by atoms with E-state index in [0.717, 1.165) is 227 Å². The molecule has 1 aliphatic heterocycles. The van der Waals surface area contributed by atoms with Crippen molar-refractivity contribution in [1.29, 1.82) is 0 Å². The standard InChI is InChI=1S/C41H27N5O.2C40H25N3O/c1-3-9-25(10-4-1)27-15-17-30-31-19-20-35-38(39(31)47-37(30)22-27)32-18-16-28(40-42-23-29(24-43-40)26-11-5-2-6-12-26)21-36(32)46(35)41-44-33-13-7-8-14-34(33)45-41;1-4-12-26(13-5-1)33-25-34(27-14-6-2-7-15-27)42-40(41-33)28-20-21-32-36(24-28)43(29-16-8-3-9-17-29)35-23-22-31-30-18-10-11-19-37(30)44-39(31)38(32)35;1-3-10-26(11-4-1)28-14-9-15-30(24-28)43-35-21-20-32-31-16-7-8-17-37(31)44-39(32)38(35)33-19-18-29(25-36(33)43)40-41-23-22-34(42-40)27-12-5-2-6-13-27/h1-24,33-34H,(H,44,45);2*1-25H. The van der Waals surface area contributed by atoms with E-state index in [1.165, 1.54) is 5.56 Å². The zero-order chi connectivity index (χ0) is 89.0. The Morgan fingerprint density at radius 2 is 0.622 bits per heavy atom. The normalized spacial score (nSPS) is 13.5. The highest BCUT2D eigenvalue weighted by Gasteiger charge is 2.31. The molecule has 10 heterocycles. The molecule has 634 valence electrons. The first-order valence-electron chi connectivity index (χ1n) is 45.4. The maximum atomic E-state index is 6.76. The fourth-order valence-electron chi connectivity index (χ4n) is 19.9. The predicted molar refractivity (Wildman–Crippen MR) is 550 cm³/mol. The van der Waals surface area contributed by atoms with Gasteiger partial charge in [0.05, 0.1) is 78.4 Å². The van der Waals surface area contributed by atoms with Crippen LogP contribution in [-0.4, -0.2) is 61.6 Å². The van der Waals surface area contributed by atoms with E-state index >= 15 is 0 Å². The molecule has 9 aromatic heterocycles. The van der Waals surface area contributed by atoms with Gasteiger partial charge in [0, 0.05) is 117 Å². The van der Waals surface area contributed by atoms with Gasteiger partial charge in [0.2, 0.25) is 5.96 Å². The molecular formula is C121H77N11O3. The van der Waals surface area contributed by atoms with E-state index in [9.17, 15) is 0 Å². The molecule has 0 amide bonds. The predicted octanol–water partition coefficient (Wildman–Crippen LogP) is 30.1. The Labute approximate surface area is 773 Å². The number of rotatable bonds is 11. The number of aromatic nitrogens is 9. The first-order valence-corrected chi connectivity index (χ1v) is 45.4. The lowest BCUT2D eigenvalue weighted by molar-refractivity contribution is 0.672. The van der Waals surface area contributed by atoms with Crippen LogP contribution in [0.5, 0.6) is 0 Å². The minimum absolute atomic E-state index is 0.0471. The Morgan fingerprint density at radius 3 is 1.16 bits per heavy atom. The number of fused-ring (bicyclic) bond motifs is 22. The molecule has 2 unspecified atom stereocenters. The summed E-state index contributed by atoms with van der Waals surface area (Å²) in [7, 11) is 0. The van der Waals surface area contributed by atoms with Crippen LogP contribution in [0.4, 0.5) is 0 Å². The summed E-state index contributed by atoms with van der Waals surface area (Å²) in [6.07, 6.45) is 14.1. The van der Waals surface area contributed by atoms with Crippen molar-refractivity contribution < 1.29 is 13.3 Å². The number of aliphatic imine (C=N–C) groups is 1. The molecule has 17 aromatic carbocycles. The molecule has 135 heavy (non-hydrogen) atoms. The molecule has 14 heteroatoms. The number of furan rings is 3. The van der Waals surface area contributed by atoms with Gasteiger partial charge in [-0.25, -0.2) is 34.9 Å². The summed E-state index contributed by atoms with van der Waals surface area (Å²) in [5.74, 6) is 2.87. The van der Waals surface area contributed by atoms with Crippen molar-refractivity contribution in [3.8, 4) is 113 Å². The number of para-hydroxylation sites is 3. The molecule has 1 aliphatic carbocycles. The summed E-state index contributed by atoms with van der Waals surface area (Å²) in [4.78, 5) is 34.6. The number of hydrogen-bond acceptors (Lipinski definition) is 11. The molecule has 14 nitrogen and oxygen atoms in total. The first-order chi connectivity index (χ1) is 66.9. The molecule has 0 fully saturated rings.